The van der Waals surface area contributed by atoms with E-state index in [1.54, 1.807) is 23.2 Å². The van der Waals surface area contributed by atoms with Crippen molar-refractivity contribution in [2.24, 2.45) is 0 Å². The van der Waals surface area contributed by atoms with Crippen molar-refractivity contribution in [3.63, 3.8) is 0 Å². The molecule has 8 nitrogen and oxygen atoms in total. The van der Waals surface area contributed by atoms with Crippen molar-refractivity contribution in [1.82, 2.24) is 20.2 Å². The smallest absolute Gasteiger partial charge is 0.475 e. The standard InChI is InChI=1S/C18H16FN5O.C2HF3O2/c19-7-13-6-14(9-22-13)24-10-12-1-2-15(23-17(12)18(24)25)16-5-11(8-20)3-4-21-16;3-2(4,5)1(6)7/h1-5,13-14,22H,6-7,9-10H2;(H,6,7)/t13-,14+;/m0./s1. The summed E-state index contributed by atoms with van der Waals surface area (Å²) < 4.78 is 44.5. The van der Waals surface area contributed by atoms with Crippen molar-refractivity contribution >= 4 is 11.9 Å². The van der Waals surface area contributed by atoms with E-state index in [4.69, 9.17) is 15.2 Å². The molecule has 4 rings (SSSR count). The number of alkyl halides is 4. The maximum absolute atomic E-state index is 12.8. The first-order valence-electron chi connectivity index (χ1n) is 9.41. The number of nitrogens with one attached hydrogen (secondary N) is 1. The summed E-state index contributed by atoms with van der Waals surface area (Å²) in [5.41, 5.74) is 2.92. The number of aliphatic carboxylic acids is 1. The van der Waals surface area contributed by atoms with Crippen LogP contribution in [-0.4, -0.2) is 63.3 Å². The second kappa shape index (κ2) is 9.27. The molecule has 2 aliphatic heterocycles. The van der Waals surface area contributed by atoms with Gasteiger partial charge in [0.15, 0.2) is 0 Å². The zero-order valence-corrected chi connectivity index (χ0v) is 16.4. The van der Waals surface area contributed by atoms with E-state index in [2.05, 4.69) is 21.4 Å². The highest BCUT2D eigenvalue weighted by Crippen LogP contribution is 2.28. The first-order chi connectivity index (χ1) is 15.1. The lowest BCUT2D eigenvalue weighted by Gasteiger charge is -2.22. The highest BCUT2D eigenvalue weighted by Gasteiger charge is 2.39. The first-order valence-corrected chi connectivity index (χ1v) is 9.41. The summed E-state index contributed by atoms with van der Waals surface area (Å²) in [6.07, 6.45) is -2.91. The second-order valence-electron chi connectivity index (χ2n) is 7.13. The third-order valence-electron chi connectivity index (χ3n) is 5.00. The Hall–Kier alpha value is -3.59. The summed E-state index contributed by atoms with van der Waals surface area (Å²) in [5.74, 6) is -2.88. The number of carboxylic acid groups (broad SMARTS) is 1. The number of carbonyl (C=O) groups excluding carboxylic acids is 1. The number of nitriles is 1. The number of hydrogen-bond acceptors (Lipinski definition) is 6. The lowest BCUT2D eigenvalue weighted by atomic mass is 10.1. The maximum atomic E-state index is 12.8. The Kier molecular flexibility index (Phi) is 6.69. The zero-order chi connectivity index (χ0) is 23.5. The molecule has 168 valence electrons. The molecule has 0 spiro atoms. The second-order valence-corrected chi connectivity index (χ2v) is 7.13. The van der Waals surface area contributed by atoms with Crippen LogP contribution in [-0.2, 0) is 11.3 Å². The Morgan fingerprint density at radius 1 is 1.31 bits per heavy atom. The molecule has 0 radical (unpaired) electrons. The summed E-state index contributed by atoms with van der Waals surface area (Å²) in [7, 11) is 0. The summed E-state index contributed by atoms with van der Waals surface area (Å²) in [4.78, 5) is 32.1. The lowest BCUT2D eigenvalue weighted by molar-refractivity contribution is -0.192. The van der Waals surface area contributed by atoms with Gasteiger partial charge in [-0.05, 0) is 24.6 Å². The molecule has 1 amide bonds. The number of carboxylic acids is 1. The lowest BCUT2D eigenvalue weighted by Crippen LogP contribution is -2.37. The molecule has 0 aliphatic carbocycles. The molecule has 4 heterocycles. The third-order valence-corrected chi connectivity index (χ3v) is 5.00. The van der Waals surface area contributed by atoms with Crippen LogP contribution in [0, 0.1) is 11.3 Å². The van der Waals surface area contributed by atoms with Gasteiger partial charge < -0.3 is 15.3 Å². The Bertz CT molecular complexity index is 1070. The molecule has 2 aromatic rings. The van der Waals surface area contributed by atoms with E-state index in [0.29, 0.717) is 42.2 Å². The number of rotatable bonds is 3. The minimum atomic E-state index is -5.08. The molecule has 12 heteroatoms. The number of amides is 1. The molecular weight excluding hydrogens is 434 g/mol. The first kappa shape index (κ1) is 23.1. The fraction of sp³-hybridized carbons (Fsp3) is 0.350. The largest absolute Gasteiger partial charge is 0.490 e. The minimum Gasteiger partial charge on any atom is -0.475 e. The predicted octanol–water partition coefficient (Wildman–Crippen LogP) is 2.30. The molecule has 1 saturated heterocycles. The summed E-state index contributed by atoms with van der Waals surface area (Å²) >= 11 is 0. The molecule has 0 bridgehead atoms. The van der Waals surface area contributed by atoms with Gasteiger partial charge >= 0.3 is 12.1 Å². The maximum Gasteiger partial charge on any atom is 0.490 e. The molecule has 2 atom stereocenters. The van der Waals surface area contributed by atoms with Crippen LogP contribution in [0.25, 0.3) is 11.4 Å². The van der Waals surface area contributed by atoms with E-state index in [9.17, 15) is 22.4 Å². The van der Waals surface area contributed by atoms with Gasteiger partial charge in [0.25, 0.3) is 5.91 Å². The number of carbonyl (C=O) groups is 2. The van der Waals surface area contributed by atoms with Crippen molar-refractivity contribution < 1.29 is 32.3 Å². The van der Waals surface area contributed by atoms with E-state index < -0.39 is 18.8 Å². The van der Waals surface area contributed by atoms with Crippen LogP contribution in [0.1, 0.15) is 28.0 Å². The van der Waals surface area contributed by atoms with Gasteiger partial charge in [-0.2, -0.15) is 18.4 Å². The van der Waals surface area contributed by atoms with E-state index in [0.717, 1.165) is 5.56 Å². The number of hydrogen-bond donors (Lipinski definition) is 2. The van der Waals surface area contributed by atoms with Gasteiger partial charge in [-0.3, -0.25) is 9.78 Å². The molecule has 0 saturated carbocycles. The number of aromatic nitrogens is 2. The summed E-state index contributed by atoms with van der Waals surface area (Å²) in [6, 6.07) is 8.86. The van der Waals surface area contributed by atoms with E-state index in [-0.39, 0.29) is 18.0 Å². The van der Waals surface area contributed by atoms with Crippen molar-refractivity contribution in [3.8, 4) is 17.5 Å². The number of fused-ring (bicyclic) bond motifs is 1. The topological polar surface area (TPSA) is 119 Å². The monoisotopic (exact) mass is 451 g/mol. The van der Waals surface area contributed by atoms with Gasteiger partial charge in [-0.15, -0.1) is 0 Å². The van der Waals surface area contributed by atoms with Gasteiger partial charge in [0.2, 0.25) is 0 Å². The fourth-order valence-corrected chi connectivity index (χ4v) is 3.42. The number of nitrogens with zero attached hydrogens (tertiary/aromatic N) is 4. The van der Waals surface area contributed by atoms with Crippen LogP contribution in [0.2, 0.25) is 0 Å². The normalized spacial score (nSPS) is 19.7. The Morgan fingerprint density at radius 2 is 2.03 bits per heavy atom. The highest BCUT2D eigenvalue weighted by molar-refractivity contribution is 5.97. The van der Waals surface area contributed by atoms with Crippen LogP contribution in [0.15, 0.2) is 30.5 Å². The van der Waals surface area contributed by atoms with Crippen molar-refractivity contribution in [2.75, 3.05) is 13.2 Å². The van der Waals surface area contributed by atoms with Crippen LogP contribution in [0.3, 0.4) is 0 Å². The fourth-order valence-electron chi connectivity index (χ4n) is 3.42. The number of halogens is 4. The SMILES string of the molecule is N#Cc1ccnc(-c2ccc3c(n2)C(=O)N([C@H]2CN[C@H](CF)C2)C3)c1.O=C(O)C(F)(F)F. The average molecular weight is 451 g/mol. The highest BCUT2D eigenvalue weighted by atomic mass is 19.4. The Balaban J connectivity index is 0.000000360. The average Bonchev–Trinajstić information content (AvgIpc) is 3.38. The van der Waals surface area contributed by atoms with Crippen molar-refractivity contribution in [3.05, 3.63) is 47.3 Å². The Morgan fingerprint density at radius 3 is 2.62 bits per heavy atom. The molecule has 2 N–H and O–H groups in total. The van der Waals surface area contributed by atoms with Gasteiger partial charge in [-0.25, -0.2) is 14.2 Å². The van der Waals surface area contributed by atoms with Gasteiger partial charge in [0.05, 0.1) is 23.0 Å². The van der Waals surface area contributed by atoms with Crippen molar-refractivity contribution in [2.45, 2.75) is 31.2 Å². The molecule has 2 aliphatic rings. The molecule has 1 fully saturated rings. The zero-order valence-electron chi connectivity index (χ0n) is 16.4. The van der Waals surface area contributed by atoms with E-state index in [1.807, 2.05) is 12.1 Å². The van der Waals surface area contributed by atoms with Crippen LogP contribution < -0.4 is 5.32 Å². The van der Waals surface area contributed by atoms with Crippen LogP contribution in [0.5, 0.6) is 0 Å². The van der Waals surface area contributed by atoms with E-state index in [1.165, 1.54) is 0 Å². The van der Waals surface area contributed by atoms with E-state index >= 15 is 0 Å². The minimum absolute atomic E-state index is 0.00839. The molecule has 2 aromatic heterocycles. The summed E-state index contributed by atoms with van der Waals surface area (Å²) in [5, 5.41) is 19.2. The van der Waals surface area contributed by atoms with Gasteiger partial charge in [0.1, 0.15) is 12.4 Å². The molecule has 0 unspecified atom stereocenters. The third kappa shape index (κ3) is 5.00. The molecule has 32 heavy (non-hydrogen) atoms. The van der Waals surface area contributed by atoms with Gasteiger partial charge in [-0.1, -0.05) is 6.07 Å². The predicted molar refractivity (Wildman–Crippen MR) is 102 cm³/mol. The Labute approximate surface area is 179 Å². The summed E-state index contributed by atoms with van der Waals surface area (Å²) in [6.45, 7) is 0.681. The van der Waals surface area contributed by atoms with Crippen molar-refractivity contribution in [1.29, 1.82) is 5.26 Å². The van der Waals surface area contributed by atoms with Crippen LogP contribution in [0.4, 0.5) is 17.6 Å². The van der Waals surface area contributed by atoms with Gasteiger partial charge in [0, 0.05) is 36.9 Å². The number of pyridine rings is 2. The molecule has 0 aromatic carbocycles. The van der Waals surface area contributed by atoms with Crippen LogP contribution >= 0.6 is 0 Å². The molecular formula is C20H17F4N5O3. The quantitative estimate of drug-likeness (QED) is 0.688.